The van der Waals surface area contributed by atoms with E-state index >= 15 is 0 Å². The van der Waals surface area contributed by atoms with E-state index in [1.165, 1.54) is 6.92 Å². The molecule has 2 aromatic carbocycles. The first-order valence-electron chi connectivity index (χ1n) is 8.76. The van der Waals surface area contributed by atoms with E-state index in [4.69, 9.17) is 16.3 Å². The van der Waals surface area contributed by atoms with Crippen molar-refractivity contribution in [2.24, 2.45) is 0 Å². The van der Waals surface area contributed by atoms with Gasteiger partial charge >= 0.3 is 0 Å². The van der Waals surface area contributed by atoms with E-state index in [-0.39, 0.29) is 18.2 Å². The van der Waals surface area contributed by atoms with Crippen LogP contribution in [-0.2, 0) is 16.0 Å². The highest BCUT2D eigenvalue weighted by atomic mass is 35.5. The van der Waals surface area contributed by atoms with Crippen LogP contribution in [0.15, 0.2) is 36.4 Å². The second-order valence-corrected chi connectivity index (χ2v) is 6.86. The molecule has 144 valence electrons. The predicted octanol–water partition coefficient (Wildman–Crippen LogP) is 3.68. The van der Waals surface area contributed by atoms with Crippen LogP contribution < -0.4 is 15.0 Å². The zero-order valence-corrected chi connectivity index (χ0v) is 16.9. The van der Waals surface area contributed by atoms with E-state index in [0.717, 1.165) is 22.4 Å². The van der Waals surface area contributed by atoms with Crippen LogP contribution in [0.4, 0.5) is 5.69 Å². The quantitative estimate of drug-likeness (QED) is 0.787. The maximum atomic E-state index is 12.2. The number of halogens is 1. The summed E-state index contributed by atoms with van der Waals surface area (Å²) in [5.74, 6) is 0.533. The number of rotatable bonds is 7. The second kappa shape index (κ2) is 9.42. The van der Waals surface area contributed by atoms with Gasteiger partial charge in [0, 0.05) is 20.0 Å². The van der Waals surface area contributed by atoms with Gasteiger partial charge in [-0.05, 0) is 48.7 Å². The SMILES string of the molecule is COc1ccc(CC(=O)NCCN(C(C)=O)c2c(C)cc(C)cc2Cl)cc1. The average molecular weight is 389 g/mol. The van der Waals surface area contributed by atoms with Crippen LogP contribution in [0.2, 0.25) is 5.02 Å². The summed E-state index contributed by atoms with van der Waals surface area (Å²) in [5.41, 5.74) is 3.56. The first-order chi connectivity index (χ1) is 12.8. The summed E-state index contributed by atoms with van der Waals surface area (Å²) in [6, 6.07) is 11.2. The summed E-state index contributed by atoms with van der Waals surface area (Å²) in [7, 11) is 1.60. The third kappa shape index (κ3) is 5.73. The van der Waals surface area contributed by atoms with E-state index in [2.05, 4.69) is 5.32 Å². The Morgan fingerprint density at radius 3 is 2.37 bits per heavy atom. The van der Waals surface area contributed by atoms with Gasteiger partial charge in [0.15, 0.2) is 0 Å². The first-order valence-corrected chi connectivity index (χ1v) is 9.14. The van der Waals surface area contributed by atoms with E-state index in [1.807, 2.05) is 50.2 Å². The molecule has 2 aromatic rings. The van der Waals surface area contributed by atoms with Gasteiger partial charge in [0.25, 0.3) is 0 Å². The summed E-state index contributed by atoms with van der Waals surface area (Å²) < 4.78 is 5.11. The van der Waals surface area contributed by atoms with Crippen molar-refractivity contribution in [1.29, 1.82) is 0 Å². The van der Waals surface area contributed by atoms with Gasteiger partial charge < -0.3 is 15.0 Å². The molecule has 0 aliphatic heterocycles. The van der Waals surface area contributed by atoms with Gasteiger partial charge in [-0.25, -0.2) is 0 Å². The summed E-state index contributed by atoms with van der Waals surface area (Å²) >= 11 is 6.36. The monoisotopic (exact) mass is 388 g/mol. The molecule has 0 radical (unpaired) electrons. The Kier molecular flexibility index (Phi) is 7.25. The molecular formula is C21H25ClN2O3. The predicted molar refractivity (Wildman–Crippen MR) is 109 cm³/mol. The minimum absolute atomic E-state index is 0.101. The lowest BCUT2D eigenvalue weighted by molar-refractivity contribution is -0.121. The van der Waals surface area contributed by atoms with Crippen molar-refractivity contribution in [3.05, 3.63) is 58.1 Å². The third-order valence-corrected chi connectivity index (χ3v) is 4.52. The van der Waals surface area contributed by atoms with E-state index in [9.17, 15) is 9.59 Å². The molecular weight excluding hydrogens is 364 g/mol. The molecule has 2 amide bonds. The Bertz CT molecular complexity index is 796. The number of carbonyl (C=O) groups excluding carboxylic acids is 2. The molecule has 0 aromatic heterocycles. The van der Waals surface area contributed by atoms with Gasteiger partial charge in [-0.3, -0.25) is 9.59 Å². The van der Waals surface area contributed by atoms with Gasteiger partial charge in [0.05, 0.1) is 24.2 Å². The number of carbonyl (C=O) groups is 2. The molecule has 2 rings (SSSR count). The lowest BCUT2D eigenvalue weighted by atomic mass is 10.1. The molecule has 0 saturated heterocycles. The van der Waals surface area contributed by atoms with Crippen LogP contribution >= 0.6 is 11.6 Å². The van der Waals surface area contributed by atoms with Crippen LogP contribution in [0.5, 0.6) is 5.75 Å². The molecule has 27 heavy (non-hydrogen) atoms. The van der Waals surface area contributed by atoms with Crippen molar-refractivity contribution in [2.75, 3.05) is 25.1 Å². The van der Waals surface area contributed by atoms with Gasteiger partial charge in [-0.2, -0.15) is 0 Å². The van der Waals surface area contributed by atoms with Crippen molar-refractivity contribution < 1.29 is 14.3 Å². The smallest absolute Gasteiger partial charge is 0.224 e. The molecule has 0 fully saturated rings. The molecule has 0 aliphatic carbocycles. The topological polar surface area (TPSA) is 58.6 Å². The molecule has 0 unspecified atom stereocenters. The number of methoxy groups -OCH3 is 1. The van der Waals surface area contributed by atoms with Crippen LogP contribution in [0, 0.1) is 13.8 Å². The summed E-state index contributed by atoms with van der Waals surface area (Å²) in [6.45, 7) is 6.08. The number of amides is 2. The third-order valence-electron chi connectivity index (χ3n) is 4.23. The minimum Gasteiger partial charge on any atom is -0.497 e. The fourth-order valence-electron chi connectivity index (χ4n) is 2.98. The van der Waals surface area contributed by atoms with Crippen LogP contribution in [0.1, 0.15) is 23.6 Å². The number of ether oxygens (including phenoxy) is 1. The first kappa shape index (κ1) is 20.8. The Labute approximate surface area is 165 Å². The molecule has 6 heteroatoms. The molecule has 5 nitrogen and oxygen atoms in total. The average Bonchev–Trinajstić information content (AvgIpc) is 2.60. The van der Waals surface area contributed by atoms with Crippen molar-refractivity contribution in [2.45, 2.75) is 27.2 Å². The number of benzene rings is 2. The highest BCUT2D eigenvalue weighted by Gasteiger charge is 2.17. The number of hydrogen-bond acceptors (Lipinski definition) is 3. The summed E-state index contributed by atoms with van der Waals surface area (Å²) in [4.78, 5) is 25.9. The Morgan fingerprint density at radius 1 is 1.15 bits per heavy atom. The maximum Gasteiger partial charge on any atom is 0.224 e. The van der Waals surface area contributed by atoms with Crippen LogP contribution in [-0.4, -0.2) is 32.0 Å². The standard InChI is InChI=1S/C21H25ClN2O3/c1-14-11-15(2)21(19(22)12-14)24(16(3)25)10-9-23-20(26)13-17-5-7-18(27-4)8-6-17/h5-8,11-12H,9-10,13H2,1-4H3,(H,23,26). The van der Waals surface area contributed by atoms with E-state index in [1.54, 1.807) is 12.0 Å². The van der Waals surface area contributed by atoms with Gasteiger partial charge in [-0.15, -0.1) is 0 Å². The molecule has 1 N–H and O–H groups in total. The molecule has 0 heterocycles. The summed E-state index contributed by atoms with van der Waals surface area (Å²) in [6.07, 6.45) is 0.272. The van der Waals surface area contributed by atoms with E-state index < -0.39 is 0 Å². The molecule has 0 aliphatic rings. The maximum absolute atomic E-state index is 12.2. The highest BCUT2D eigenvalue weighted by molar-refractivity contribution is 6.34. The lowest BCUT2D eigenvalue weighted by Gasteiger charge is -2.25. The van der Waals surface area contributed by atoms with Gasteiger partial charge in [0.2, 0.25) is 11.8 Å². The number of hydrogen-bond donors (Lipinski definition) is 1. The molecule has 0 atom stereocenters. The zero-order chi connectivity index (χ0) is 20.0. The van der Waals surface area contributed by atoms with Crippen molar-refractivity contribution >= 4 is 29.1 Å². The van der Waals surface area contributed by atoms with Crippen LogP contribution in [0.3, 0.4) is 0 Å². The molecule has 0 saturated carbocycles. The highest BCUT2D eigenvalue weighted by Crippen LogP contribution is 2.31. The fraction of sp³-hybridized carbons (Fsp3) is 0.333. The second-order valence-electron chi connectivity index (χ2n) is 6.46. The van der Waals surface area contributed by atoms with Crippen molar-refractivity contribution in [3.8, 4) is 5.75 Å². The molecule has 0 bridgehead atoms. The Balaban J connectivity index is 1.96. The van der Waals surface area contributed by atoms with E-state index in [0.29, 0.717) is 23.8 Å². The zero-order valence-electron chi connectivity index (χ0n) is 16.1. The number of anilines is 1. The van der Waals surface area contributed by atoms with Gasteiger partial charge in [-0.1, -0.05) is 29.8 Å². The minimum atomic E-state index is -0.117. The van der Waals surface area contributed by atoms with Gasteiger partial charge in [0.1, 0.15) is 5.75 Å². The number of aryl methyl sites for hydroxylation is 2. The molecule has 0 spiro atoms. The largest absolute Gasteiger partial charge is 0.497 e. The van der Waals surface area contributed by atoms with Crippen molar-refractivity contribution in [1.82, 2.24) is 5.32 Å². The fourth-order valence-corrected chi connectivity index (χ4v) is 3.40. The summed E-state index contributed by atoms with van der Waals surface area (Å²) in [5, 5.41) is 3.39. The lowest BCUT2D eigenvalue weighted by Crippen LogP contribution is -2.38. The number of nitrogens with one attached hydrogen (secondary N) is 1. The number of nitrogens with zero attached hydrogens (tertiary/aromatic N) is 1. The Morgan fingerprint density at radius 2 is 1.81 bits per heavy atom. The Hall–Kier alpha value is -2.53. The normalized spacial score (nSPS) is 10.4. The van der Waals surface area contributed by atoms with Crippen molar-refractivity contribution in [3.63, 3.8) is 0 Å². The van der Waals surface area contributed by atoms with Crippen LogP contribution in [0.25, 0.3) is 0 Å².